The van der Waals surface area contributed by atoms with Gasteiger partial charge in [0.15, 0.2) is 0 Å². The summed E-state index contributed by atoms with van der Waals surface area (Å²) in [5.74, 6) is 0.652. The Morgan fingerprint density at radius 2 is 1.81 bits per heavy atom. The van der Waals surface area contributed by atoms with Crippen LogP contribution < -0.4 is 15.4 Å². The van der Waals surface area contributed by atoms with Gasteiger partial charge in [0.05, 0.1) is 7.11 Å². The molecule has 0 fully saturated rings. The number of aryl methyl sites for hydroxylation is 1. The minimum atomic E-state index is -0.229. The van der Waals surface area contributed by atoms with Crippen LogP contribution in [0.5, 0.6) is 5.75 Å². The lowest BCUT2D eigenvalue weighted by Gasteiger charge is -2.11. The van der Waals surface area contributed by atoms with E-state index in [1.165, 1.54) is 0 Å². The maximum absolute atomic E-state index is 12.4. The van der Waals surface area contributed by atoms with Crippen molar-refractivity contribution in [3.8, 4) is 5.75 Å². The monoisotopic (exact) mass is 361 g/mol. The number of carbonyl (C=O) groups is 1. The average molecular weight is 361 g/mol. The molecule has 3 aromatic rings. The number of amides is 1. The third-order valence-electron chi connectivity index (χ3n) is 4.22. The van der Waals surface area contributed by atoms with Gasteiger partial charge < -0.3 is 15.4 Å². The number of carbonyl (C=O) groups excluding carboxylic acids is 1. The van der Waals surface area contributed by atoms with E-state index in [0.717, 1.165) is 41.2 Å². The molecule has 0 saturated carbocycles. The summed E-state index contributed by atoms with van der Waals surface area (Å²) in [4.78, 5) is 16.6. The van der Waals surface area contributed by atoms with E-state index >= 15 is 0 Å². The van der Waals surface area contributed by atoms with Gasteiger partial charge in [-0.15, -0.1) is 0 Å². The summed E-state index contributed by atoms with van der Waals surface area (Å²) in [7, 11) is 1.67. The van der Waals surface area contributed by atoms with E-state index in [4.69, 9.17) is 4.74 Å². The zero-order chi connectivity index (χ0) is 19.1. The van der Waals surface area contributed by atoms with Crippen molar-refractivity contribution >= 4 is 17.3 Å². The largest absolute Gasteiger partial charge is 0.496 e. The van der Waals surface area contributed by atoms with Gasteiger partial charge in [0.2, 0.25) is 0 Å². The molecule has 0 aliphatic rings. The second-order valence-corrected chi connectivity index (χ2v) is 6.24. The molecule has 0 spiro atoms. The second-order valence-electron chi connectivity index (χ2n) is 6.24. The Balaban J connectivity index is 1.59. The summed E-state index contributed by atoms with van der Waals surface area (Å²) >= 11 is 0. The van der Waals surface area contributed by atoms with Crippen LogP contribution >= 0.6 is 0 Å². The lowest BCUT2D eigenvalue weighted by atomic mass is 10.1. The molecular weight excluding hydrogens is 338 g/mol. The van der Waals surface area contributed by atoms with E-state index in [1.807, 2.05) is 61.5 Å². The molecule has 0 aliphatic heterocycles. The number of aromatic nitrogens is 1. The van der Waals surface area contributed by atoms with E-state index in [1.54, 1.807) is 19.4 Å². The number of para-hydroxylation sites is 1. The lowest BCUT2D eigenvalue weighted by Crippen LogP contribution is -2.14. The van der Waals surface area contributed by atoms with Crippen molar-refractivity contribution in [2.24, 2.45) is 0 Å². The highest BCUT2D eigenvalue weighted by Gasteiger charge is 2.09. The molecule has 0 radical (unpaired) electrons. The second kappa shape index (κ2) is 8.85. The zero-order valence-electron chi connectivity index (χ0n) is 15.5. The average Bonchev–Trinajstić information content (AvgIpc) is 2.70. The molecule has 5 heteroatoms. The number of hydrogen-bond donors (Lipinski definition) is 2. The van der Waals surface area contributed by atoms with Crippen LogP contribution in [0.25, 0.3) is 0 Å². The van der Waals surface area contributed by atoms with Gasteiger partial charge in [-0.3, -0.25) is 9.78 Å². The molecule has 0 saturated heterocycles. The first-order valence-corrected chi connectivity index (χ1v) is 8.85. The van der Waals surface area contributed by atoms with Crippen LogP contribution in [0.15, 0.2) is 66.9 Å². The fourth-order valence-electron chi connectivity index (χ4n) is 2.75. The van der Waals surface area contributed by atoms with Crippen molar-refractivity contribution in [2.45, 2.75) is 13.3 Å². The van der Waals surface area contributed by atoms with Crippen LogP contribution in [0.4, 0.5) is 11.4 Å². The van der Waals surface area contributed by atoms with Gasteiger partial charge in [-0.1, -0.05) is 35.9 Å². The van der Waals surface area contributed by atoms with Crippen LogP contribution in [0.1, 0.15) is 21.6 Å². The third kappa shape index (κ3) is 5.07. The first-order chi connectivity index (χ1) is 13.2. The Hall–Kier alpha value is -3.34. The molecule has 2 aromatic carbocycles. The number of ether oxygens (including phenoxy) is 1. The maximum Gasteiger partial charge on any atom is 0.274 e. The van der Waals surface area contributed by atoms with Crippen molar-refractivity contribution in [1.82, 2.24) is 4.98 Å². The molecule has 0 aliphatic carbocycles. The predicted molar refractivity (Wildman–Crippen MR) is 109 cm³/mol. The maximum atomic E-state index is 12.4. The quantitative estimate of drug-likeness (QED) is 0.658. The number of rotatable bonds is 7. The molecule has 1 amide bonds. The van der Waals surface area contributed by atoms with Gasteiger partial charge in [-0.2, -0.15) is 0 Å². The summed E-state index contributed by atoms with van der Waals surface area (Å²) in [6.45, 7) is 2.73. The summed E-state index contributed by atoms with van der Waals surface area (Å²) in [5, 5.41) is 6.20. The Kier molecular flexibility index (Phi) is 6.05. The standard InChI is InChI=1S/C22H23N3O2/c1-16-7-9-18(10-8-16)25-22(26)20-15-19(12-14-24-20)23-13-11-17-5-3-4-6-21(17)27-2/h3-10,12,14-15H,11,13H2,1-2H3,(H,23,24)(H,25,26). The van der Waals surface area contributed by atoms with Gasteiger partial charge in [0.25, 0.3) is 5.91 Å². The highest BCUT2D eigenvalue weighted by molar-refractivity contribution is 6.03. The van der Waals surface area contributed by atoms with E-state index in [2.05, 4.69) is 15.6 Å². The number of hydrogen-bond acceptors (Lipinski definition) is 4. The van der Waals surface area contributed by atoms with E-state index < -0.39 is 0 Å². The molecule has 0 unspecified atom stereocenters. The number of pyridine rings is 1. The minimum absolute atomic E-state index is 0.229. The fraction of sp³-hybridized carbons (Fsp3) is 0.182. The molecule has 138 valence electrons. The van der Waals surface area contributed by atoms with Gasteiger partial charge >= 0.3 is 0 Å². The lowest BCUT2D eigenvalue weighted by molar-refractivity contribution is 0.102. The highest BCUT2D eigenvalue weighted by Crippen LogP contribution is 2.18. The third-order valence-corrected chi connectivity index (χ3v) is 4.22. The Morgan fingerprint density at radius 3 is 2.59 bits per heavy atom. The SMILES string of the molecule is COc1ccccc1CCNc1ccnc(C(=O)Nc2ccc(C)cc2)c1. The van der Waals surface area contributed by atoms with Gasteiger partial charge in [0, 0.05) is 24.1 Å². The van der Waals surface area contributed by atoms with Gasteiger partial charge in [-0.25, -0.2) is 0 Å². The van der Waals surface area contributed by atoms with Crippen LogP contribution in [0.2, 0.25) is 0 Å². The van der Waals surface area contributed by atoms with Gasteiger partial charge in [0.1, 0.15) is 11.4 Å². The molecule has 3 rings (SSSR count). The molecular formula is C22H23N3O2. The zero-order valence-corrected chi connectivity index (χ0v) is 15.5. The molecule has 1 aromatic heterocycles. The van der Waals surface area contributed by atoms with Crippen LogP contribution in [-0.4, -0.2) is 24.5 Å². The molecule has 2 N–H and O–H groups in total. The predicted octanol–water partition coefficient (Wildman–Crippen LogP) is 4.31. The molecule has 0 atom stereocenters. The van der Waals surface area contributed by atoms with Crippen LogP contribution in [0.3, 0.4) is 0 Å². The van der Waals surface area contributed by atoms with Crippen molar-refractivity contribution in [2.75, 3.05) is 24.3 Å². The topological polar surface area (TPSA) is 63.2 Å². The first-order valence-electron chi connectivity index (χ1n) is 8.85. The van der Waals surface area contributed by atoms with Crippen molar-refractivity contribution in [3.63, 3.8) is 0 Å². The molecule has 0 bridgehead atoms. The number of nitrogens with zero attached hydrogens (tertiary/aromatic N) is 1. The molecule has 1 heterocycles. The number of methoxy groups -OCH3 is 1. The van der Waals surface area contributed by atoms with E-state index in [-0.39, 0.29) is 5.91 Å². The Labute approximate surface area is 159 Å². The van der Waals surface area contributed by atoms with E-state index in [9.17, 15) is 4.79 Å². The smallest absolute Gasteiger partial charge is 0.274 e. The summed E-state index contributed by atoms with van der Waals surface area (Å²) in [5.41, 5.74) is 4.26. The van der Waals surface area contributed by atoms with Gasteiger partial charge in [-0.05, 0) is 49.2 Å². The highest BCUT2D eigenvalue weighted by atomic mass is 16.5. The summed E-state index contributed by atoms with van der Waals surface area (Å²) < 4.78 is 5.37. The summed E-state index contributed by atoms with van der Waals surface area (Å²) in [6, 6.07) is 19.2. The normalized spacial score (nSPS) is 10.3. The molecule has 27 heavy (non-hydrogen) atoms. The fourth-order valence-corrected chi connectivity index (χ4v) is 2.75. The molecule has 5 nitrogen and oxygen atoms in total. The minimum Gasteiger partial charge on any atom is -0.496 e. The Morgan fingerprint density at radius 1 is 1.04 bits per heavy atom. The first kappa shape index (κ1) is 18.5. The summed E-state index contributed by atoms with van der Waals surface area (Å²) in [6.07, 6.45) is 2.45. The van der Waals surface area contributed by atoms with Crippen LogP contribution in [-0.2, 0) is 6.42 Å². The number of nitrogens with one attached hydrogen (secondary N) is 2. The van der Waals surface area contributed by atoms with Crippen molar-refractivity contribution in [1.29, 1.82) is 0 Å². The van der Waals surface area contributed by atoms with E-state index in [0.29, 0.717) is 5.69 Å². The van der Waals surface area contributed by atoms with Crippen molar-refractivity contribution in [3.05, 3.63) is 83.7 Å². The van der Waals surface area contributed by atoms with Crippen LogP contribution in [0, 0.1) is 6.92 Å². The number of benzene rings is 2. The Bertz CT molecular complexity index is 907. The van der Waals surface area contributed by atoms with Crippen molar-refractivity contribution < 1.29 is 9.53 Å². The number of anilines is 2.